The SMILES string of the molecule is COc1ccc(/C=C(/C=NCc2ccc(OC)cc2OC)c2ccc(OC)cc2)cc1. The molecule has 0 fully saturated rings. The summed E-state index contributed by atoms with van der Waals surface area (Å²) < 4.78 is 21.3. The molecule has 160 valence electrons. The highest BCUT2D eigenvalue weighted by Crippen LogP contribution is 2.26. The fraction of sp³-hybridized carbons (Fsp3) is 0.192. The van der Waals surface area contributed by atoms with E-state index in [0.29, 0.717) is 6.54 Å². The quantitative estimate of drug-likeness (QED) is 0.339. The molecule has 3 rings (SSSR count). The molecule has 0 aliphatic rings. The Kier molecular flexibility index (Phi) is 7.71. The standard InChI is InChI=1S/C26H27NO4/c1-28-23-10-5-19(6-11-23)15-22(20-7-12-24(29-2)13-8-20)18-27-17-21-9-14-25(30-3)16-26(21)31-4/h5-16,18H,17H2,1-4H3/b22-15-,27-18?. The van der Waals surface area contributed by atoms with Gasteiger partial charge in [0.25, 0.3) is 0 Å². The van der Waals surface area contributed by atoms with Crippen molar-refractivity contribution in [2.75, 3.05) is 28.4 Å². The molecule has 5 heteroatoms. The minimum Gasteiger partial charge on any atom is -0.497 e. The summed E-state index contributed by atoms with van der Waals surface area (Å²) >= 11 is 0. The average molecular weight is 418 g/mol. The average Bonchev–Trinajstić information content (AvgIpc) is 2.84. The molecule has 3 aromatic carbocycles. The molecular formula is C26H27NO4. The second kappa shape index (κ2) is 10.9. The second-order valence-corrected chi connectivity index (χ2v) is 6.75. The summed E-state index contributed by atoms with van der Waals surface area (Å²) in [5, 5.41) is 0. The lowest BCUT2D eigenvalue weighted by molar-refractivity contribution is 0.391. The van der Waals surface area contributed by atoms with Gasteiger partial charge in [0.05, 0.1) is 35.0 Å². The van der Waals surface area contributed by atoms with Crippen LogP contribution in [0.2, 0.25) is 0 Å². The molecule has 0 aliphatic heterocycles. The van der Waals surface area contributed by atoms with Crippen LogP contribution in [0.1, 0.15) is 16.7 Å². The smallest absolute Gasteiger partial charge is 0.127 e. The molecule has 0 radical (unpaired) electrons. The van der Waals surface area contributed by atoms with Crippen LogP contribution in [0.15, 0.2) is 71.7 Å². The number of hydrogen-bond donors (Lipinski definition) is 0. The predicted octanol–water partition coefficient (Wildman–Crippen LogP) is 5.53. The zero-order valence-corrected chi connectivity index (χ0v) is 18.3. The lowest BCUT2D eigenvalue weighted by Crippen LogP contribution is -1.94. The number of allylic oxidation sites excluding steroid dienone is 1. The highest BCUT2D eigenvalue weighted by molar-refractivity contribution is 6.15. The molecule has 0 saturated heterocycles. The van der Waals surface area contributed by atoms with Crippen molar-refractivity contribution in [2.24, 2.45) is 4.99 Å². The Morgan fingerprint density at radius 1 is 0.710 bits per heavy atom. The Morgan fingerprint density at radius 3 is 1.87 bits per heavy atom. The van der Waals surface area contributed by atoms with Crippen molar-refractivity contribution in [3.8, 4) is 23.0 Å². The first-order chi connectivity index (χ1) is 15.2. The van der Waals surface area contributed by atoms with Gasteiger partial charge in [-0.15, -0.1) is 0 Å². The lowest BCUT2D eigenvalue weighted by Gasteiger charge is -2.09. The molecule has 0 amide bonds. The number of methoxy groups -OCH3 is 4. The van der Waals surface area contributed by atoms with E-state index in [-0.39, 0.29) is 0 Å². The molecule has 0 heterocycles. The van der Waals surface area contributed by atoms with Gasteiger partial charge in [-0.05, 0) is 53.6 Å². The topological polar surface area (TPSA) is 49.3 Å². The van der Waals surface area contributed by atoms with Crippen LogP contribution in [0.4, 0.5) is 0 Å². The number of aliphatic imine (C=N–C) groups is 1. The molecule has 0 aliphatic carbocycles. The number of rotatable bonds is 9. The van der Waals surface area contributed by atoms with E-state index in [1.54, 1.807) is 28.4 Å². The molecule has 0 atom stereocenters. The van der Waals surface area contributed by atoms with Crippen molar-refractivity contribution in [1.82, 2.24) is 0 Å². The van der Waals surface area contributed by atoms with Crippen LogP contribution in [0.3, 0.4) is 0 Å². The molecule has 3 aromatic rings. The first-order valence-electron chi connectivity index (χ1n) is 9.87. The van der Waals surface area contributed by atoms with Crippen LogP contribution in [0.25, 0.3) is 11.6 Å². The fourth-order valence-electron chi connectivity index (χ4n) is 3.08. The zero-order chi connectivity index (χ0) is 22.1. The Balaban J connectivity index is 1.89. The molecule has 0 unspecified atom stereocenters. The minimum absolute atomic E-state index is 0.489. The van der Waals surface area contributed by atoms with Crippen LogP contribution >= 0.6 is 0 Å². The summed E-state index contributed by atoms with van der Waals surface area (Å²) in [6.07, 6.45) is 3.98. The van der Waals surface area contributed by atoms with Gasteiger partial charge in [0, 0.05) is 23.4 Å². The van der Waals surface area contributed by atoms with Gasteiger partial charge in [-0.2, -0.15) is 0 Å². The normalized spacial score (nSPS) is 11.4. The summed E-state index contributed by atoms with van der Waals surface area (Å²) in [6, 6.07) is 21.6. The highest BCUT2D eigenvalue weighted by Gasteiger charge is 2.05. The van der Waals surface area contributed by atoms with Gasteiger partial charge < -0.3 is 18.9 Å². The predicted molar refractivity (Wildman–Crippen MR) is 126 cm³/mol. The zero-order valence-electron chi connectivity index (χ0n) is 18.3. The minimum atomic E-state index is 0.489. The summed E-state index contributed by atoms with van der Waals surface area (Å²) in [5.41, 5.74) is 4.07. The number of hydrogen-bond acceptors (Lipinski definition) is 5. The summed E-state index contributed by atoms with van der Waals surface area (Å²) in [4.78, 5) is 4.68. The number of benzene rings is 3. The molecule has 0 spiro atoms. The maximum absolute atomic E-state index is 5.48. The summed E-state index contributed by atoms with van der Waals surface area (Å²) in [6.45, 7) is 0.489. The van der Waals surface area contributed by atoms with Gasteiger partial charge in [0.2, 0.25) is 0 Å². The van der Waals surface area contributed by atoms with E-state index < -0.39 is 0 Å². The third kappa shape index (κ3) is 5.89. The van der Waals surface area contributed by atoms with E-state index in [1.807, 2.05) is 72.9 Å². The van der Waals surface area contributed by atoms with Crippen LogP contribution in [0.5, 0.6) is 23.0 Å². The van der Waals surface area contributed by atoms with Gasteiger partial charge in [-0.25, -0.2) is 0 Å². The molecular weight excluding hydrogens is 390 g/mol. The second-order valence-electron chi connectivity index (χ2n) is 6.75. The lowest BCUT2D eigenvalue weighted by atomic mass is 10.0. The number of nitrogens with zero attached hydrogens (tertiary/aromatic N) is 1. The van der Waals surface area contributed by atoms with Crippen LogP contribution in [-0.4, -0.2) is 34.7 Å². The molecule has 0 bridgehead atoms. The molecule has 0 saturated carbocycles. The third-order valence-electron chi connectivity index (χ3n) is 4.85. The van der Waals surface area contributed by atoms with Crippen molar-refractivity contribution in [3.63, 3.8) is 0 Å². The molecule has 31 heavy (non-hydrogen) atoms. The van der Waals surface area contributed by atoms with Gasteiger partial charge in [-0.1, -0.05) is 24.3 Å². The Hall–Kier alpha value is -3.73. The first kappa shape index (κ1) is 22.0. The third-order valence-corrected chi connectivity index (χ3v) is 4.85. The van der Waals surface area contributed by atoms with Gasteiger partial charge in [-0.3, -0.25) is 4.99 Å². The van der Waals surface area contributed by atoms with Crippen molar-refractivity contribution >= 4 is 17.9 Å². The largest absolute Gasteiger partial charge is 0.497 e. The fourth-order valence-corrected chi connectivity index (χ4v) is 3.08. The van der Waals surface area contributed by atoms with Crippen LogP contribution in [-0.2, 0) is 6.54 Å². The van der Waals surface area contributed by atoms with E-state index in [4.69, 9.17) is 18.9 Å². The van der Waals surface area contributed by atoms with E-state index in [9.17, 15) is 0 Å². The van der Waals surface area contributed by atoms with E-state index in [0.717, 1.165) is 45.3 Å². The summed E-state index contributed by atoms with van der Waals surface area (Å²) in [7, 11) is 6.60. The Labute approximate surface area is 183 Å². The molecule has 0 N–H and O–H groups in total. The Bertz CT molecular complexity index is 1040. The van der Waals surface area contributed by atoms with Crippen LogP contribution in [0, 0.1) is 0 Å². The van der Waals surface area contributed by atoms with Crippen molar-refractivity contribution in [1.29, 1.82) is 0 Å². The molecule has 0 aromatic heterocycles. The van der Waals surface area contributed by atoms with E-state index in [2.05, 4.69) is 11.1 Å². The van der Waals surface area contributed by atoms with Crippen molar-refractivity contribution in [3.05, 3.63) is 83.4 Å². The monoisotopic (exact) mass is 417 g/mol. The van der Waals surface area contributed by atoms with Crippen LogP contribution < -0.4 is 18.9 Å². The van der Waals surface area contributed by atoms with E-state index in [1.165, 1.54) is 0 Å². The van der Waals surface area contributed by atoms with Crippen molar-refractivity contribution < 1.29 is 18.9 Å². The maximum Gasteiger partial charge on any atom is 0.127 e. The summed E-state index contributed by atoms with van der Waals surface area (Å²) in [5.74, 6) is 3.14. The van der Waals surface area contributed by atoms with Gasteiger partial charge >= 0.3 is 0 Å². The maximum atomic E-state index is 5.48. The van der Waals surface area contributed by atoms with Gasteiger partial charge in [0.15, 0.2) is 0 Å². The van der Waals surface area contributed by atoms with E-state index >= 15 is 0 Å². The van der Waals surface area contributed by atoms with Gasteiger partial charge in [0.1, 0.15) is 23.0 Å². The van der Waals surface area contributed by atoms with Crippen molar-refractivity contribution in [2.45, 2.75) is 6.54 Å². The number of ether oxygens (including phenoxy) is 4. The Morgan fingerprint density at radius 2 is 1.29 bits per heavy atom. The highest BCUT2D eigenvalue weighted by atomic mass is 16.5. The molecule has 5 nitrogen and oxygen atoms in total. The first-order valence-corrected chi connectivity index (χ1v) is 9.87.